The van der Waals surface area contributed by atoms with Crippen LogP contribution in [-0.4, -0.2) is 30.1 Å². The molecule has 1 unspecified atom stereocenters. The minimum atomic E-state index is -0.888. The van der Waals surface area contributed by atoms with E-state index in [-0.39, 0.29) is 18.3 Å². The van der Waals surface area contributed by atoms with Gasteiger partial charge in [0.2, 0.25) is 13.1 Å². The highest BCUT2D eigenvalue weighted by molar-refractivity contribution is 6.10. The average Bonchev–Trinajstić information content (AvgIpc) is 3.27. The maximum atomic E-state index is 12.4. The minimum absolute atomic E-state index is 0.0922. The van der Waals surface area contributed by atoms with Gasteiger partial charge in [-0.15, -0.1) is 0 Å². The summed E-state index contributed by atoms with van der Waals surface area (Å²) in [5.74, 6) is 0.136. The fourth-order valence-corrected chi connectivity index (χ4v) is 3.65. The van der Waals surface area contributed by atoms with Crippen LogP contribution in [0.15, 0.2) is 36.4 Å². The molecule has 0 radical (unpaired) electrons. The van der Waals surface area contributed by atoms with Gasteiger partial charge in [0.1, 0.15) is 0 Å². The van der Waals surface area contributed by atoms with E-state index >= 15 is 0 Å². The number of carbonyl (C=O) groups excluding carboxylic acids is 1. The van der Waals surface area contributed by atoms with E-state index in [4.69, 9.17) is 18.9 Å². The highest BCUT2D eigenvalue weighted by atomic mass is 16.7. The Morgan fingerprint density at radius 3 is 2.70 bits per heavy atom. The van der Waals surface area contributed by atoms with Crippen molar-refractivity contribution in [1.82, 2.24) is 0 Å². The molecule has 7 heteroatoms. The first-order chi connectivity index (χ1) is 13.1. The number of aromatic hydroxyl groups is 2. The zero-order valence-electron chi connectivity index (χ0n) is 14.2. The van der Waals surface area contributed by atoms with E-state index in [0.717, 1.165) is 5.39 Å². The van der Waals surface area contributed by atoms with Crippen molar-refractivity contribution in [1.29, 1.82) is 0 Å². The van der Waals surface area contributed by atoms with Gasteiger partial charge in [0.05, 0.1) is 5.56 Å². The van der Waals surface area contributed by atoms with Crippen molar-refractivity contribution in [3.05, 3.63) is 47.5 Å². The third-order valence-electron chi connectivity index (χ3n) is 4.83. The fraction of sp³-hybridized carbons (Fsp3) is 0.150. The van der Waals surface area contributed by atoms with Crippen LogP contribution in [0.1, 0.15) is 22.2 Å². The van der Waals surface area contributed by atoms with Crippen LogP contribution in [0.5, 0.6) is 23.0 Å². The van der Waals surface area contributed by atoms with Crippen LogP contribution in [0.2, 0.25) is 0 Å². The van der Waals surface area contributed by atoms with Gasteiger partial charge in [-0.25, -0.2) is 4.79 Å². The molecule has 136 valence electrons. The van der Waals surface area contributed by atoms with E-state index in [0.29, 0.717) is 39.1 Å². The Morgan fingerprint density at radius 2 is 1.93 bits per heavy atom. The fourth-order valence-electron chi connectivity index (χ4n) is 3.65. The van der Waals surface area contributed by atoms with Gasteiger partial charge < -0.3 is 29.2 Å². The minimum Gasteiger partial charge on any atom is -0.504 e. The lowest BCUT2D eigenvalue weighted by Gasteiger charge is -2.17. The predicted molar refractivity (Wildman–Crippen MR) is 94.0 cm³/mol. The summed E-state index contributed by atoms with van der Waals surface area (Å²) in [5, 5.41) is 21.2. The average molecular weight is 366 g/mol. The molecule has 1 atom stereocenters. The molecule has 5 rings (SSSR count). The summed E-state index contributed by atoms with van der Waals surface area (Å²) in [6.45, 7) is 0.0922. The molecular weight excluding hydrogens is 352 g/mol. The molecule has 7 nitrogen and oxygen atoms in total. The first kappa shape index (κ1) is 15.8. The summed E-state index contributed by atoms with van der Waals surface area (Å²) >= 11 is 0. The molecule has 2 aliphatic rings. The zero-order valence-corrected chi connectivity index (χ0v) is 14.2. The van der Waals surface area contributed by atoms with Crippen molar-refractivity contribution in [2.24, 2.45) is 0 Å². The van der Waals surface area contributed by atoms with Crippen LogP contribution in [0, 0.1) is 0 Å². The number of fused-ring (bicyclic) bond motifs is 4. The molecule has 3 aromatic carbocycles. The summed E-state index contributed by atoms with van der Waals surface area (Å²) in [6, 6.07) is 9.81. The number of esters is 1. The Balaban J connectivity index is 1.95. The molecule has 0 fully saturated rings. The van der Waals surface area contributed by atoms with E-state index in [1.54, 1.807) is 18.2 Å². The quantitative estimate of drug-likeness (QED) is 0.530. The molecule has 2 aliphatic heterocycles. The van der Waals surface area contributed by atoms with Crippen LogP contribution in [0.3, 0.4) is 0 Å². The van der Waals surface area contributed by atoms with Crippen molar-refractivity contribution in [3.8, 4) is 34.1 Å². The molecule has 0 amide bonds. The molecule has 2 N–H and O–H groups in total. The smallest absolute Gasteiger partial charge is 0.341 e. The SMILES string of the molecule is COC1OC(=O)c2cc3ccc4c(c3c(-c3ccc(O)c(O)c3)c21)OCO4. The van der Waals surface area contributed by atoms with E-state index in [9.17, 15) is 15.0 Å². The summed E-state index contributed by atoms with van der Waals surface area (Å²) in [7, 11) is 1.45. The van der Waals surface area contributed by atoms with Crippen LogP contribution < -0.4 is 9.47 Å². The number of rotatable bonds is 2. The number of cyclic esters (lactones) is 1. The second kappa shape index (κ2) is 5.52. The summed E-state index contributed by atoms with van der Waals surface area (Å²) in [6.07, 6.45) is -0.888. The van der Waals surface area contributed by atoms with Gasteiger partial charge in [-0.05, 0) is 35.2 Å². The maximum Gasteiger partial charge on any atom is 0.341 e. The van der Waals surface area contributed by atoms with Crippen LogP contribution in [-0.2, 0) is 9.47 Å². The summed E-state index contributed by atoms with van der Waals surface area (Å²) in [5.41, 5.74) is 2.13. The van der Waals surface area contributed by atoms with Crippen LogP contribution in [0.4, 0.5) is 0 Å². The lowest BCUT2D eigenvalue weighted by atomic mass is 9.89. The van der Waals surface area contributed by atoms with Crippen molar-refractivity contribution in [2.75, 3.05) is 13.9 Å². The lowest BCUT2D eigenvalue weighted by molar-refractivity contribution is -0.0812. The van der Waals surface area contributed by atoms with Crippen molar-refractivity contribution in [2.45, 2.75) is 6.29 Å². The molecule has 3 aromatic rings. The van der Waals surface area contributed by atoms with Crippen LogP contribution in [0.25, 0.3) is 21.9 Å². The second-order valence-electron chi connectivity index (χ2n) is 6.29. The van der Waals surface area contributed by atoms with E-state index in [1.807, 2.05) is 6.07 Å². The Morgan fingerprint density at radius 1 is 1.07 bits per heavy atom. The molecule has 2 heterocycles. The Labute approximate surface area is 153 Å². The monoisotopic (exact) mass is 366 g/mol. The Kier molecular flexibility index (Phi) is 3.23. The lowest BCUT2D eigenvalue weighted by Crippen LogP contribution is -2.02. The second-order valence-corrected chi connectivity index (χ2v) is 6.29. The van der Waals surface area contributed by atoms with Gasteiger partial charge in [0, 0.05) is 23.6 Å². The number of phenolic OH excluding ortho intramolecular Hbond substituents is 2. The van der Waals surface area contributed by atoms with Crippen molar-refractivity contribution >= 4 is 16.7 Å². The predicted octanol–water partition coefficient (Wildman–Crippen LogP) is 3.46. The molecule has 0 spiro atoms. The summed E-state index contributed by atoms with van der Waals surface area (Å²) < 4.78 is 21.9. The molecular formula is C20H14O7. The van der Waals surface area contributed by atoms with E-state index in [1.165, 1.54) is 19.2 Å². The van der Waals surface area contributed by atoms with Crippen molar-refractivity contribution < 1.29 is 34.0 Å². The molecule has 0 saturated carbocycles. The Bertz CT molecular complexity index is 1120. The molecule has 0 aromatic heterocycles. The molecule has 0 saturated heterocycles. The largest absolute Gasteiger partial charge is 0.504 e. The first-order valence-corrected chi connectivity index (χ1v) is 8.24. The number of hydrogen-bond donors (Lipinski definition) is 2. The highest BCUT2D eigenvalue weighted by Crippen LogP contribution is 2.50. The molecule has 0 bridgehead atoms. The molecule has 27 heavy (non-hydrogen) atoms. The zero-order chi connectivity index (χ0) is 18.7. The third-order valence-corrected chi connectivity index (χ3v) is 4.83. The van der Waals surface area contributed by atoms with Gasteiger partial charge >= 0.3 is 5.97 Å². The first-order valence-electron chi connectivity index (χ1n) is 8.24. The van der Waals surface area contributed by atoms with Crippen molar-refractivity contribution in [3.63, 3.8) is 0 Å². The standard InChI is InChI=1S/C20H14O7/c1-24-20-17-11(19(23)27-20)6-9-3-5-14-18(26-8-25-14)16(9)15(17)10-2-4-12(21)13(22)7-10/h2-7,20-22H,8H2,1H3. The highest BCUT2D eigenvalue weighted by Gasteiger charge is 2.37. The number of carbonyl (C=O) groups is 1. The van der Waals surface area contributed by atoms with Gasteiger partial charge in [0.25, 0.3) is 0 Å². The van der Waals surface area contributed by atoms with Gasteiger partial charge in [-0.2, -0.15) is 0 Å². The third kappa shape index (κ3) is 2.15. The number of phenols is 2. The van der Waals surface area contributed by atoms with E-state index in [2.05, 4.69) is 0 Å². The number of ether oxygens (including phenoxy) is 4. The summed E-state index contributed by atoms with van der Waals surface area (Å²) in [4.78, 5) is 12.4. The van der Waals surface area contributed by atoms with E-state index < -0.39 is 12.3 Å². The van der Waals surface area contributed by atoms with Gasteiger partial charge in [-0.3, -0.25) is 0 Å². The number of hydrogen-bond acceptors (Lipinski definition) is 7. The number of methoxy groups -OCH3 is 1. The Hall–Kier alpha value is -3.45. The normalized spacial score (nSPS) is 17.2. The van der Waals surface area contributed by atoms with Gasteiger partial charge in [-0.1, -0.05) is 12.1 Å². The maximum absolute atomic E-state index is 12.4. The number of benzene rings is 3. The topological polar surface area (TPSA) is 94.5 Å². The van der Waals surface area contributed by atoms with Crippen LogP contribution >= 0.6 is 0 Å². The van der Waals surface area contributed by atoms with Gasteiger partial charge in [0.15, 0.2) is 23.0 Å². The molecule has 0 aliphatic carbocycles.